The van der Waals surface area contributed by atoms with Crippen molar-refractivity contribution in [1.82, 2.24) is 9.97 Å². The molecule has 2 heterocycles. The molecule has 0 spiro atoms. The van der Waals surface area contributed by atoms with E-state index in [1.807, 2.05) is 0 Å². The van der Waals surface area contributed by atoms with Crippen molar-refractivity contribution in [2.24, 2.45) is 5.92 Å². The van der Waals surface area contributed by atoms with Crippen LogP contribution >= 0.6 is 11.3 Å². The van der Waals surface area contributed by atoms with Gasteiger partial charge in [-0.15, -0.1) is 11.3 Å². The number of anilines is 2. The molecule has 0 aliphatic heterocycles. The van der Waals surface area contributed by atoms with E-state index >= 15 is 0 Å². The molecule has 1 fully saturated rings. The number of fused-ring (bicyclic) bond motifs is 1. The lowest BCUT2D eigenvalue weighted by Gasteiger charge is -2.15. The third-order valence-corrected chi connectivity index (χ3v) is 4.23. The van der Waals surface area contributed by atoms with Gasteiger partial charge >= 0.3 is 0 Å². The Hall–Kier alpha value is -1.36. The average molecular weight is 276 g/mol. The molecule has 1 aliphatic carbocycles. The van der Waals surface area contributed by atoms with E-state index in [1.54, 1.807) is 11.3 Å². The highest BCUT2D eigenvalue weighted by atomic mass is 32.1. The molecule has 0 bridgehead atoms. The van der Waals surface area contributed by atoms with Gasteiger partial charge in [0, 0.05) is 12.6 Å². The second-order valence-electron chi connectivity index (χ2n) is 5.29. The van der Waals surface area contributed by atoms with Crippen molar-refractivity contribution in [2.75, 3.05) is 17.2 Å². The lowest BCUT2D eigenvalue weighted by molar-refractivity contribution is 0.641. The Morgan fingerprint density at radius 2 is 2.26 bits per heavy atom. The first-order valence-corrected chi connectivity index (χ1v) is 7.90. The van der Waals surface area contributed by atoms with Gasteiger partial charge in [0.2, 0.25) is 5.95 Å². The molecule has 4 nitrogen and oxygen atoms in total. The van der Waals surface area contributed by atoms with Crippen LogP contribution in [0.4, 0.5) is 11.8 Å². The maximum absolute atomic E-state index is 4.60. The molecule has 1 atom stereocenters. The zero-order chi connectivity index (χ0) is 13.2. The fraction of sp³-hybridized carbons (Fsp3) is 0.571. The summed E-state index contributed by atoms with van der Waals surface area (Å²) in [6, 6.07) is 2.57. The average Bonchev–Trinajstić information content (AvgIpc) is 3.04. The summed E-state index contributed by atoms with van der Waals surface area (Å²) in [5.74, 6) is 2.62. The van der Waals surface area contributed by atoms with Crippen molar-refractivity contribution < 1.29 is 0 Å². The Bertz CT molecular complexity index is 562. The van der Waals surface area contributed by atoms with Gasteiger partial charge < -0.3 is 10.6 Å². The van der Waals surface area contributed by atoms with E-state index in [-0.39, 0.29) is 0 Å². The Balaban J connectivity index is 1.84. The molecule has 0 saturated heterocycles. The first kappa shape index (κ1) is 12.7. The minimum absolute atomic E-state index is 0.472. The van der Waals surface area contributed by atoms with Crippen LogP contribution in [0.1, 0.15) is 33.1 Å². The molecule has 1 unspecified atom stereocenters. The molecule has 0 aromatic carbocycles. The predicted molar refractivity (Wildman–Crippen MR) is 82.0 cm³/mol. The van der Waals surface area contributed by atoms with E-state index in [0.717, 1.165) is 34.4 Å². The number of thiophene rings is 1. The van der Waals surface area contributed by atoms with Crippen LogP contribution in [0, 0.1) is 5.92 Å². The van der Waals surface area contributed by atoms with Crippen molar-refractivity contribution >= 4 is 33.3 Å². The van der Waals surface area contributed by atoms with Crippen LogP contribution in [0.5, 0.6) is 0 Å². The van der Waals surface area contributed by atoms with Crippen LogP contribution in [-0.2, 0) is 0 Å². The third kappa shape index (κ3) is 2.97. The van der Waals surface area contributed by atoms with E-state index in [0.29, 0.717) is 6.04 Å². The summed E-state index contributed by atoms with van der Waals surface area (Å²) < 4.78 is 0. The molecule has 0 radical (unpaired) electrons. The van der Waals surface area contributed by atoms with Crippen LogP contribution in [0.2, 0.25) is 0 Å². The molecule has 19 heavy (non-hydrogen) atoms. The fourth-order valence-electron chi connectivity index (χ4n) is 2.35. The SMILES string of the molecule is CCNc1nc(NC(C)CC2CC2)c2ccsc2n1. The van der Waals surface area contributed by atoms with Crippen LogP contribution in [0.3, 0.4) is 0 Å². The summed E-state index contributed by atoms with van der Waals surface area (Å²) in [5, 5.41) is 9.97. The summed E-state index contributed by atoms with van der Waals surface area (Å²) in [6.45, 7) is 5.14. The zero-order valence-corrected chi connectivity index (χ0v) is 12.3. The summed E-state index contributed by atoms with van der Waals surface area (Å²) in [7, 11) is 0. The molecular formula is C14H20N4S. The normalized spacial score (nSPS) is 16.5. The minimum Gasteiger partial charge on any atom is -0.367 e. The van der Waals surface area contributed by atoms with E-state index in [1.165, 1.54) is 19.3 Å². The van der Waals surface area contributed by atoms with E-state index in [4.69, 9.17) is 0 Å². The summed E-state index contributed by atoms with van der Waals surface area (Å²) >= 11 is 1.66. The van der Waals surface area contributed by atoms with E-state index < -0.39 is 0 Å². The van der Waals surface area contributed by atoms with Crippen molar-refractivity contribution in [3.05, 3.63) is 11.4 Å². The standard InChI is InChI=1S/C14H20N4S/c1-3-15-14-17-12(11-6-7-19-13(11)18-14)16-9(2)8-10-4-5-10/h6-7,9-10H,3-5,8H2,1-2H3,(H2,15,16,17,18). The molecule has 102 valence electrons. The molecule has 1 aliphatic rings. The Morgan fingerprint density at radius 3 is 3.00 bits per heavy atom. The second-order valence-corrected chi connectivity index (χ2v) is 6.18. The highest BCUT2D eigenvalue weighted by molar-refractivity contribution is 7.16. The molecule has 3 rings (SSSR count). The smallest absolute Gasteiger partial charge is 0.226 e. The van der Waals surface area contributed by atoms with Crippen LogP contribution in [0.15, 0.2) is 11.4 Å². The van der Waals surface area contributed by atoms with Gasteiger partial charge in [0.05, 0.1) is 5.39 Å². The van der Waals surface area contributed by atoms with Gasteiger partial charge in [0.25, 0.3) is 0 Å². The monoisotopic (exact) mass is 276 g/mol. The molecule has 2 aromatic rings. The Kier molecular flexibility index (Phi) is 3.55. The number of nitrogens with one attached hydrogen (secondary N) is 2. The van der Waals surface area contributed by atoms with Crippen LogP contribution < -0.4 is 10.6 Å². The largest absolute Gasteiger partial charge is 0.367 e. The second kappa shape index (κ2) is 5.33. The number of hydrogen-bond donors (Lipinski definition) is 2. The maximum atomic E-state index is 4.60. The van der Waals surface area contributed by atoms with Gasteiger partial charge in [-0.3, -0.25) is 0 Å². The molecule has 5 heteroatoms. The molecule has 2 N–H and O–H groups in total. The maximum Gasteiger partial charge on any atom is 0.226 e. The van der Waals surface area contributed by atoms with Gasteiger partial charge in [-0.05, 0) is 37.6 Å². The number of aromatic nitrogens is 2. The van der Waals surface area contributed by atoms with E-state index in [9.17, 15) is 0 Å². The van der Waals surface area contributed by atoms with Crippen molar-refractivity contribution in [2.45, 2.75) is 39.2 Å². The molecule has 0 amide bonds. The van der Waals surface area contributed by atoms with Gasteiger partial charge in [0.1, 0.15) is 10.6 Å². The highest BCUT2D eigenvalue weighted by Crippen LogP contribution is 2.34. The predicted octanol–water partition coefficient (Wildman–Crippen LogP) is 3.72. The molecular weight excluding hydrogens is 256 g/mol. The topological polar surface area (TPSA) is 49.8 Å². The van der Waals surface area contributed by atoms with Gasteiger partial charge in [-0.2, -0.15) is 4.98 Å². The fourth-order valence-corrected chi connectivity index (χ4v) is 3.11. The highest BCUT2D eigenvalue weighted by Gasteiger charge is 2.24. The number of hydrogen-bond acceptors (Lipinski definition) is 5. The van der Waals surface area contributed by atoms with Crippen molar-refractivity contribution in [3.63, 3.8) is 0 Å². The zero-order valence-electron chi connectivity index (χ0n) is 11.4. The molecule has 1 saturated carbocycles. The summed E-state index contributed by atoms with van der Waals surface area (Å²) in [4.78, 5) is 10.2. The Morgan fingerprint density at radius 1 is 1.42 bits per heavy atom. The van der Waals surface area contributed by atoms with Crippen LogP contribution in [0.25, 0.3) is 10.2 Å². The first-order valence-electron chi connectivity index (χ1n) is 7.02. The minimum atomic E-state index is 0.472. The van der Waals surface area contributed by atoms with E-state index in [2.05, 4.69) is 45.9 Å². The number of rotatable bonds is 6. The van der Waals surface area contributed by atoms with Crippen molar-refractivity contribution in [1.29, 1.82) is 0 Å². The third-order valence-electron chi connectivity index (χ3n) is 3.43. The number of nitrogens with zero attached hydrogens (tertiary/aromatic N) is 2. The summed E-state index contributed by atoms with van der Waals surface area (Å²) in [6.07, 6.45) is 4.03. The van der Waals surface area contributed by atoms with Crippen LogP contribution in [-0.4, -0.2) is 22.6 Å². The lowest BCUT2D eigenvalue weighted by Crippen LogP contribution is -2.17. The lowest BCUT2D eigenvalue weighted by atomic mass is 10.1. The quantitative estimate of drug-likeness (QED) is 0.844. The van der Waals surface area contributed by atoms with Gasteiger partial charge in [-0.1, -0.05) is 12.8 Å². The van der Waals surface area contributed by atoms with Gasteiger partial charge in [-0.25, -0.2) is 4.98 Å². The van der Waals surface area contributed by atoms with Crippen molar-refractivity contribution in [3.8, 4) is 0 Å². The first-order chi connectivity index (χ1) is 9.26. The molecule has 2 aromatic heterocycles. The Labute approximate surface area is 117 Å². The van der Waals surface area contributed by atoms with Gasteiger partial charge in [0.15, 0.2) is 0 Å². The summed E-state index contributed by atoms with van der Waals surface area (Å²) in [5.41, 5.74) is 0.